The maximum absolute atomic E-state index is 12.0. The molecule has 0 aliphatic heterocycles. The van der Waals surface area contributed by atoms with Gasteiger partial charge in [-0.1, -0.05) is 6.92 Å². The van der Waals surface area contributed by atoms with Crippen LogP contribution in [-0.2, 0) is 19.4 Å². The van der Waals surface area contributed by atoms with Crippen molar-refractivity contribution in [3.05, 3.63) is 24.3 Å². The van der Waals surface area contributed by atoms with Gasteiger partial charge in [-0.3, -0.25) is 14.5 Å². The van der Waals surface area contributed by atoms with Crippen molar-refractivity contribution >= 4 is 21.7 Å². The number of nitrogens with zero attached hydrogens (tertiary/aromatic N) is 1. The van der Waals surface area contributed by atoms with Gasteiger partial charge in [0, 0.05) is 18.3 Å². The summed E-state index contributed by atoms with van der Waals surface area (Å²) in [5.74, 6) is -0.454. The number of benzene rings is 1. The number of hydrogen-bond acceptors (Lipinski definition) is 6. The number of amides is 1. The molecule has 1 aromatic carbocycles. The van der Waals surface area contributed by atoms with Crippen molar-refractivity contribution in [3.8, 4) is 5.75 Å². The zero-order valence-corrected chi connectivity index (χ0v) is 16.4. The summed E-state index contributed by atoms with van der Waals surface area (Å²) in [4.78, 5) is 24.9. The lowest BCUT2D eigenvalue weighted by atomic mass is 9.85. The summed E-state index contributed by atoms with van der Waals surface area (Å²) in [6.07, 6.45) is 2.84. The second kappa shape index (κ2) is 9.18. The second-order valence-corrected chi connectivity index (χ2v) is 8.70. The Balaban J connectivity index is 1.67. The molecule has 1 saturated carbocycles. The molecule has 150 valence electrons. The predicted molar refractivity (Wildman–Crippen MR) is 99.5 cm³/mol. The number of hydrogen-bond donors (Lipinski definition) is 2. The van der Waals surface area contributed by atoms with Gasteiger partial charge in [-0.25, -0.2) is 8.42 Å². The molecular weight excluding hydrogens is 372 g/mol. The number of likely N-dealkylation sites (N-methyl/N-ethyl adjacent to an activating group) is 1. The second-order valence-electron chi connectivity index (χ2n) is 6.69. The molecule has 0 heterocycles. The highest BCUT2D eigenvalue weighted by Crippen LogP contribution is 2.25. The van der Waals surface area contributed by atoms with Gasteiger partial charge >= 0.3 is 5.97 Å². The molecule has 0 unspecified atom stereocenters. The van der Waals surface area contributed by atoms with E-state index in [4.69, 9.17) is 9.84 Å². The summed E-state index contributed by atoms with van der Waals surface area (Å²) in [6, 6.07) is 6.32. The van der Waals surface area contributed by atoms with E-state index in [1.165, 1.54) is 12.1 Å². The topological polar surface area (TPSA) is 113 Å². The zero-order valence-electron chi connectivity index (χ0n) is 15.6. The third-order valence-corrected chi connectivity index (χ3v) is 5.72. The average Bonchev–Trinajstić information content (AvgIpc) is 2.55. The molecule has 8 nitrogen and oxygen atoms in total. The first-order chi connectivity index (χ1) is 12.7. The summed E-state index contributed by atoms with van der Waals surface area (Å²) < 4.78 is 28.3. The Morgan fingerprint density at radius 2 is 1.89 bits per heavy atom. The van der Waals surface area contributed by atoms with Crippen LogP contribution in [-0.4, -0.2) is 68.3 Å². The third kappa shape index (κ3) is 6.51. The van der Waals surface area contributed by atoms with Gasteiger partial charge in [0.2, 0.25) is 5.91 Å². The van der Waals surface area contributed by atoms with Crippen LogP contribution in [0.4, 0.5) is 0 Å². The Labute approximate surface area is 159 Å². The molecule has 27 heavy (non-hydrogen) atoms. The van der Waals surface area contributed by atoms with Gasteiger partial charge in [0.15, 0.2) is 9.84 Å². The number of carbonyl (C=O) groups is 2. The van der Waals surface area contributed by atoms with E-state index in [1.54, 1.807) is 12.1 Å². The highest BCUT2D eigenvalue weighted by molar-refractivity contribution is 7.90. The summed E-state index contributed by atoms with van der Waals surface area (Å²) in [5.41, 5.74) is 0. The highest BCUT2D eigenvalue weighted by Gasteiger charge is 2.34. The van der Waals surface area contributed by atoms with Crippen LogP contribution in [0.2, 0.25) is 0 Å². The fourth-order valence-corrected chi connectivity index (χ4v) is 3.65. The Bertz CT molecular complexity index is 757. The van der Waals surface area contributed by atoms with Gasteiger partial charge in [0.05, 0.1) is 24.5 Å². The van der Waals surface area contributed by atoms with E-state index in [9.17, 15) is 18.0 Å². The lowest BCUT2D eigenvalue weighted by Crippen LogP contribution is -2.54. The zero-order chi connectivity index (χ0) is 20.0. The van der Waals surface area contributed by atoms with Crippen LogP contribution in [0, 0.1) is 0 Å². The van der Waals surface area contributed by atoms with Crippen molar-refractivity contribution in [2.75, 3.05) is 26.0 Å². The highest BCUT2D eigenvalue weighted by atomic mass is 32.2. The van der Waals surface area contributed by atoms with Crippen molar-refractivity contribution in [1.29, 1.82) is 0 Å². The summed E-state index contributed by atoms with van der Waals surface area (Å²) in [5, 5.41) is 11.8. The number of carbonyl (C=O) groups excluding carboxylic acids is 1. The molecule has 0 bridgehead atoms. The number of rotatable bonds is 10. The van der Waals surface area contributed by atoms with Crippen LogP contribution < -0.4 is 10.1 Å². The van der Waals surface area contributed by atoms with Gasteiger partial charge < -0.3 is 15.2 Å². The molecule has 9 heteroatoms. The molecule has 1 aromatic rings. The van der Waals surface area contributed by atoms with Gasteiger partial charge in [0.1, 0.15) is 5.75 Å². The molecule has 1 aliphatic carbocycles. The van der Waals surface area contributed by atoms with Crippen molar-refractivity contribution in [1.82, 2.24) is 10.2 Å². The Kier molecular flexibility index (Phi) is 7.20. The van der Waals surface area contributed by atoms with Gasteiger partial charge in [-0.2, -0.15) is 0 Å². The molecule has 0 radical (unpaired) electrons. The Morgan fingerprint density at radius 3 is 2.41 bits per heavy atom. The minimum atomic E-state index is -3.24. The summed E-state index contributed by atoms with van der Waals surface area (Å²) in [6.45, 7) is 2.81. The smallest absolute Gasteiger partial charge is 0.317 e. The van der Waals surface area contributed by atoms with Crippen LogP contribution in [0.5, 0.6) is 5.75 Å². The Hall–Kier alpha value is -2.13. The van der Waals surface area contributed by atoms with Crippen molar-refractivity contribution in [3.63, 3.8) is 0 Å². The molecule has 0 saturated heterocycles. The van der Waals surface area contributed by atoms with Crippen molar-refractivity contribution in [2.45, 2.75) is 43.2 Å². The minimum absolute atomic E-state index is 0.0216. The maximum Gasteiger partial charge on any atom is 0.317 e. The SMILES string of the molecule is CCN(CC(=O)O)C1CC(NC(=O)CCOc2ccc(S(C)(=O)=O)cc2)C1. The number of ether oxygens (including phenoxy) is 1. The molecule has 0 atom stereocenters. The first-order valence-corrected chi connectivity index (χ1v) is 10.8. The minimum Gasteiger partial charge on any atom is -0.493 e. The third-order valence-electron chi connectivity index (χ3n) is 4.59. The molecule has 1 aliphatic rings. The largest absolute Gasteiger partial charge is 0.493 e. The van der Waals surface area contributed by atoms with Gasteiger partial charge in [0.25, 0.3) is 0 Å². The van der Waals surface area contributed by atoms with E-state index in [0.29, 0.717) is 12.3 Å². The number of aliphatic carboxylic acids is 1. The van der Waals surface area contributed by atoms with Crippen LogP contribution in [0.25, 0.3) is 0 Å². The van der Waals surface area contributed by atoms with E-state index in [0.717, 1.165) is 19.1 Å². The molecule has 0 aromatic heterocycles. The van der Waals surface area contributed by atoms with E-state index in [-0.39, 0.29) is 42.5 Å². The Morgan fingerprint density at radius 1 is 1.26 bits per heavy atom. The molecule has 1 amide bonds. The molecular formula is C18H26N2O6S. The fraction of sp³-hybridized carbons (Fsp3) is 0.556. The fourth-order valence-electron chi connectivity index (χ4n) is 3.02. The van der Waals surface area contributed by atoms with Crippen LogP contribution in [0.15, 0.2) is 29.2 Å². The first-order valence-electron chi connectivity index (χ1n) is 8.87. The number of nitrogens with one attached hydrogen (secondary N) is 1. The summed E-state index contributed by atoms with van der Waals surface area (Å²) >= 11 is 0. The van der Waals surface area contributed by atoms with E-state index >= 15 is 0 Å². The van der Waals surface area contributed by atoms with E-state index in [2.05, 4.69) is 5.32 Å². The maximum atomic E-state index is 12.0. The normalized spacial score (nSPS) is 19.4. The predicted octanol–water partition coefficient (Wildman–Crippen LogP) is 0.913. The molecule has 1 fully saturated rings. The number of carboxylic acid groups (broad SMARTS) is 1. The molecule has 2 N–H and O–H groups in total. The lowest BCUT2D eigenvalue weighted by Gasteiger charge is -2.42. The van der Waals surface area contributed by atoms with E-state index < -0.39 is 15.8 Å². The first kappa shape index (κ1) is 21.2. The van der Waals surface area contributed by atoms with Crippen molar-refractivity contribution in [2.24, 2.45) is 0 Å². The van der Waals surface area contributed by atoms with Crippen LogP contribution in [0.3, 0.4) is 0 Å². The number of sulfone groups is 1. The standard InChI is InChI=1S/C18H26N2O6S/c1-3-20(12-18(22)23)14-10-13(11-14)19-17(21)8-9-26-15-4-6-16(7-5-15)27(2,24)25/h4-7,13-14H,3,8-12H2,1-2H3,(H,19,21)(H,22,23). The number of carboxylic acids is 1. The average molecular weight is 398 g/mol. The lowest BCUT2D eigenvalue weighted by molar-refractivity contribution is -0.139. The van der Waals surface area contributed by atoms with E-state index in [1.807, 2.05) is 11.8 Å². The van der Waals surface area contributed by atoms with Crippen LogP contribution >= 0.6 is 0 Å². The summed E-state index contributed by atoms with van der Waals surface area (Å²) in [7, 11) is -3.24. The molecule has 2 rings (SSSR count). The van der Waals surface area contributed by atoms with Gasteiger partial charge in [-0.15, -0.1) is 0 Å². The van der Waals surface area contributed by atoms with Crippen molar-refractivity contribution < 1.29 is 27.9 Å². The monoisotopic (exact) mass is 398 g/mol. The van der Waals surface area contributed by atoms with Gasteiger partial charge in [-0.05, 0) is 43.7 Å². The molecule has 0 spiro atoms. The van der Waals surface area contributed by atoms with Crippen LogP contribution in [0.1, 0.15) is 26.2 Å². The quantitative estimate of drug-likeness (QED) is 0.602.